The van der Waals surface area contributed by atoms with Crippen molar-refractivity contribution < 1.29 is 5.11 Å². The van der Waals surface area contributed by atoms with Crippen LogP contribution in [0.4, 0.5) is 0 Å². The van der Waals surface area contributed by atoms with Crippen LogP contribution in [0.3, 0.4) is 0 Å². The van der Waals surface area contributed by atoms with Crippen molar-refractivity contribution in [2.45, 2.75) is 44.6 Å². The van der Waals surface area contributed by atoms with Crippen LogP contribution in [0, 0.1) is 15.9 Å². The molecule has 0 aliphatic heterocycles. The Morgan fingerprint density at radius 1 is 1.29 bits per heavy atom. The van der Waals surface area contributed by atoms with Gasteiger partial charge in [-0.2, -0.15) is 0 Å². The molecule has 0 heterocycles. The number of aliphatic hydroxyl groups is 1. The lowest BCUT2D eigenvalue weighted by atomic mass is 9.85. The lowest BCUT2D eigenvalue weighted by Gasteiger charge is -2.22. The van der Waals surface area contributed by atoms with Crippen molar-refractivity contribution >= 4 is 22.6 Å². The van der Waals surface area contributed by atoms with Gasteiger partial charge in [0, 0.05) is 3.57 Å². The monoisotopic (exact) mass is 343 g/mol. The molecule has 1 nitrogen and oxygen atoms in total. The minimum Gasteiger partial charge on any atom is -0.388 e. The summed E-state index contributed by atoms with van der Waals surface area (Å²) in [5.41, 5.74) is 1.09. The highest BCUT2D eigenvalue weighted by Crippen LogP contribution is 2.30. The fourth-order valence-corrected chi connectivity index (χ4v) is 3.30. The van der Waals surface area contributed by atoms with Crippen molar-refractivity contribution in [1.82, 2.24) is 0 Å². The number of rotatable bonds is 4. The van der Waals surface area contributed by atoms with E-state index in [-0.39, 0.29) is 6.10 Å². The lowest BCUT2D eigenvalue weighted by molar-refractivity contribution is 0.155. The molecule has 17 heavy (non-hydrogen) atoms. The van der Waals surface area contributed by atoms with E-state index in [2.05, 4.69) is 35.1 Å². The largest absolute Gasteiger partial charge is 0.388 e. The molecule has 0 bridgehead atoms. The van der Waals surface area contributed by atoms with Gasteiger partial charge in [-0.15, -0.1) is 0 Å². The normalized spacial score (nSPS) is 19.2. The fraction of sp³-hybridized carbons (Fsp3) is 0.533. The van der Waals surface area contributed by atoms with E-state index in [9.17, 15) is 5.11 Å². The summed E-state index contributed by atoms with van der Waals surface area (Å²) in [6, 6.07) is 8.13. The fourth-order valence-electron chi connectivity index (χ4n) is 2.56. The van der Waals surface area contributed by atoms with Crippen LogP contribution in [0.5, 0.6) is 0 Å². The van der Waals surface area contributed by atoms with Gasteiger partial charge >= 0.3 is 0 Å². The van der Waals surface area contributed by atoms with Crippen molar-refractivity contribution in [3.8, 4) is 0 Å². The molecule has 0 unspecified atom stereocenters. The summed E-state index contributed by atoms with van der Waals surface area (Å²) in [6.45, 7) is 0. The smallest absolute Gasteiger partial charge is 0.0800 e. The Kier molecular flexibility index (Phi) is 5.29. The maximum absolute atomic E-state index is 10.2. The summed E-state index contributed by atoms with van der Waals surface area (Å²) in [4.78, 5) is 0. The van der Waals surface area contributed by atoms with Crippen LogP contribution in [0.2, 0.25) is 0 Å². The molecule has 1 aromatic carbocycles. The zero-order chi connectivity index (χ0) is 12.1. The molecule has 0 spiro atoms. The standard InChI is InChI=1S/C15H20IO/c16-14-9-5-4-8-13(14)15(17)11-10-12-6-2-1-3-7-12/h4-6,8-9,12,15,17H,1-3,7,10-11H2/t12-,15-/m0/s1. The SMILES string of the molecule is O[C@@H](CC[C@H]1[CH]CCCC1)c1ccccc1I. The van der Waals surface area contributed by atoms with Crippen LogP contribution < -0.4 is 0 Å². The van der Waals surface area contributed by atoms with E-state index < -0.39 is 0 Å². The van der Waals surface area contributed by atoms with Gasteiger partial charge in [-0.3, -0.25) is 0 Å². The van der Waals surface area contributed by atoms with Crippen LogP contribution in [0.25, 0.3) is 0 Å². The van der Waals surface area contributed by atoms with E-state index in [1.807, 2.05) is 18.2 Å². The first kappa shape index (κ1) is 13.3. The number of halogens is 1. The zero-order valence-electron chi connectivity index (χ0n) is 10.1. The molecular formula is C15H20IO. The minimum absolute atomic E-state index is 0.293. The molecule has 1 aliphatic carbocycles. The second kappa shape index (κ2) is 6.74. The first-order valence-corrected chi connectivity index (χ1v) is 7.61. The van der Waals surface area contributed by atoms with Crippen LogP contribution in [-0.4, -0.2) is 5.11 Å². The molecule has 0 amide bonds. The second-order valence-corrected chi connectivity index (χ2v) is 6.06. The lowest BCUT2D eigenvalue weighted by Crippen LogP contribution is -2.09. The van der Waals surface area contributed by atoms with Crippen LogP contribution >= 0.6 is 22.6 Å². The van der Waals surface area contributed by atoms with E-state index in [0.29, 0.717) is 0 Å². The van der Waals surface area contributed by atoms with Crippen molar-refractivity contribution in [2.75, 3.05) is 0 Å². The summed E-state index contributed by atoms with van der Waals surface area (Å²) < 4.78 is 1.17. The molecule has 1 aliphatic rings. The van der Waals surface area contributed by atoms with Gasteiger partial charge in [0.25, 0.3) is 0 Å². The van der Waals surface area contributed by atoms with Gasteiger partial charge in [0.05, 0.1) is 6.10 Å². The van der Waals surface area contributed by atoms with Gasteiger partial charge in [0.15, 0.2) is 0 Å². The van der Waals surface area contributed by atoms with Crippen molar-refractivity contribution in [2.24, 2.45) is 5.92 Å². The molecule has 1 N–H and O–H groups in total. The van der Waals surface area contributed by atoms with Gasteiger partial charge in [0.2, 0.25) is 0 Å². The Bertz CT molecular complexity index is 345. The van der Waals surface area contributed by atoms with E-state index in [4.69, 9.17) is 0 Å². The maximum Gasteiger partial charge on any atom is 0.0800 e. The molecule has 1 radical (unpaired) electrons. The molecule has 93 valence electrons. The quantitative estimate of drug-likeness (QED) is 0.798. The summed E-state index contributed by atoms with van der Waals surface area (Å²) in [6.07, 6.45) is 9.48. The van der Waals surface area contributed by atoms with E-state index in [1.54, 1.807) is 0 Å². The Balaban J connectivity index is 1.84. The van der Waals surface area contributed by atoms with E-state index in [0.717, 1.165) is 24.3 Å². The molecule has 2 rings (SSSR count). The molecule has 1 fully saturated rings. The molecule has 0 saturated heterocycles. The van der Waals surface area contributed by atoms with Gasteiger partial charge < -0.3 is 5.11 Å². The van der Waals surface area contributed by atoms with Gasteiger partial charge in [-0.05, 0) is 65.8 Å². The first-order chi connectivity index (χ1) is 8.27. The Morgan fingerprint density at radius 3 is 2.82 bits per heavy atom. The molecule has 2 atom stereocenters. The maximum atomic E-state index is 10.2. The number of hydrogen-bond donors (Lipinski definition) is 1. The highest BCUT2D eigenvalue weighted by molar-refractivity contribution is 14.1. The number of benzene rings is 1. The summed E-state index contributed by atoms with van der Waals surface area (Å²) in [5.74, 6) is 0.736. The first-order valence-electron chi connectivity index (χ1n) is 6.53. The summed E-state index contributed by atoms with van der Waals surface area (Å²) in [7, 11) is 0. The third kappa shape index (κ3) is 3.95. The average molecular weight is 343 g/mol. The Morgan fingerprint density at radius 2 is 2.12 bits per heavy atom. The molecule has 2 heteroatoms. The highest BCUT2D eigenvalue weighted by atomic mass is 127. The van der Waals surface area contributed by atoms with Gasteiger partial charge in [-0.1, -0.05) is 37.5 Å². The number of aliphatic hydroxyl groups excluding tert-OH is 1. The predicted molar refractivity (Wildman–Crippen MR) is 79.6 cm³/mol. The third-order valence-electron chi connectivity index (χ3n) is 3.60. The Hall–Kier alpha value is -0.0900. The summed E-state index contributed by atoms with van der Waals surface area (Å²) >= 11 is 2.30. The minimum atomic E-state index is -0.293. The molecule has 1 aromatic rings. The average Bonchev–Trinajstić information content (AvgIpc) is 2.38. The van der Waals surface area contributed by atoms with Gasteiger partial charge in [0.1, 0.15) is 0 Å². The molecule has 1 saturated carbocycles. The van der Waals surface area contributed by atoms with E-state index in [1.165, 1.54) is 29.3 Å². The predicted octanol–water partition coefficient (Wildman–Crippen LogP) is 4.50. The van der Waals surface area contributed by atoms with Gasteiger partial charge in [-0.25, -0.2) is 0 Å². The van der Waals surface area contributed by atoms with E-state index >= 15 is 0 Å². The third-order valence-corrected chi connectivity index (χ3v) is 4.59. The Labute approximate surface area is 118 Å². The second-order valence-electron chi connectivity index (χ2n) is 4.89. The van der Waals surface area contributed by atoms with Crippen LogP contribution in [0.15, 0.2) is 24.3 Å². The summed E-state index contributed by atoms with van der Waals surface area (Å²) in [5, 5.41) is 10.2. The van der Waals surface area contributed by atoms with Crippen LogP contribution in [0.1, 0.15) is 50.2 Å². The molecule has 0 aromatic heterocycles. The molecular weight excluding hydrogens is 323 g/mol. The van der Waals surface area contributed by atoms with Crippen molar-refractivity contribution in [3.63, 3.8) is 0 Å². The topological polar surface area (TPSA) is 20.2 Å². The zero-order valence-corrected chi connectivity index (χ0v) is 12.3. The van der Waals surface area contributed by atoms with Crippen molar-refractivity contribution in [1.29, 1.82) is 0 Å². The van der Waals surface area contributed by atoms with Crippen molar-refractivity contribution in [3.05, 3.63) is 39.8 Å². The number of hydrogen-bond acceptors (Lipinski definition) is 1. The van der Waals surface area contributed by atoms with Crippen LogP contribution in [-0.2, 0) is 0 Å². The highest BCUT2D eigenvalue weighted by Gasteiger charge is 2.17.